The summed E-state index contributed by atoms with van der Waals surface area (Å²) < 4.78 is 37.7. The Morgan fingerprint density at radius 2 is 1.86 bits per heavy atom. The number of carbonyl (C=O) groups is 1. The minimum absolute atomic E-state index is 0.0591. The number of amides is 1. The van der Waals surface area contributed by atoms with Crippen LogP contribution in [0.25, 0.3) is 0 Å². The Hall–Kier alpha value is -1.69. The highest BCUT2D eigenvalue weighted by molar-refractivity contribution is 7.92. The third-order valence-corrected chi connectivity index (χ3v) is 5.17. The van der Waals surface area contributed by atoms with Gasteiger partial charge >= 0.3 is 0 Å². The summed E-state index contributed by atoms with van der Waals surface area (Å²) in [6.45, 7) is 9.34. The molecule has 1 aromatic rings. The average molecular weight is 313 g/mol. The molecular formula is C15H20FNO3S. The van der Waals surface area contributed by atoms with E-state index >= 15 is 0 Å². The first-order valence-corrected chi connectivity index (χ1v) is 8.17. The van der Waals surface area contributed by atoms with Crippen LogP contribution in [0.2, 0.25) is 0 Å². The average Bonchev–Trinajstić information content (AvgIpc) is 2.43. The molecule has 1 atom stereocenters. The van der Waals surface area contributed by atoms with Crippen molar-refractivity contribution in [1.29, 1.82) is 0 Å². The van der Waals surface area contributed by atoms with Gasteiger partial charge in [-0.1, -0.05) is 12.2 Å². The Morgan fingerprint density at radius 1 is 1.33 bits per heavy atom. The van der Waals surface area contributed by atoms with Gasteiger partial charge in [0.05, 0.1) is 4.90 Å². The number of hydrogen-bond acceptors (Lipinski definition) is 3. The zero-order chi connectivity index (χ0) is 16.2. The number of benzene rings is 1. The van der Waals surface area contributed by atoms with Gasteiger partial charge in [0.2, 0.25) is 5.91 Å². The van der Waals surface area contributed by atoms with Gasteiger partial charge in [0.15, 0.2) is 9.84 Å². The summed E-state index contributed by atoms with van der Waals surface area (Å²) in [5.74, 6) is -1.00. The van der Waals surface area contributed by atoms with Crippen molar-refractivity contribution in [2.45, 2.75) is 30.9 Å². The summed E-state index contributed by atoms with van der Waals surface area (Å²) in [4.78, 5) is 13.7. The summed E-state index contributed by atoms with van der Waals surface area (Å²) in [5.41, 5.74) is 0.775. The van der Waals surface area contributed by atoms with Gasteiger partial charge in [0.25, 0.3) is 0 Å². The lowest BCUT2D eigenvalue weighted by atomic mass is 10.3. The molecule has 1 aromatic carbocycles. The highest BCUT2D eigenvalue weighted by atomic mass is 32.2. The van der Waals surface area contributed by atoms with Gasteiger partial charge in [-0.3, -0.25) is 4.79 Å². The first-order valence-electron chi connectivity index (χ1n) is 6.62. The van der Waals surface area contributed by atoms with Crippen LogP contribution in [0.15, 0.2) is 41.3 Å². The lowest BCUT2D eigenvalue weighted by Crippen LogP contribution is -2.42. The van der Waals surface area contributed by atoms with E-state index in [1.165, 1.54) is 24.0 Å². The predicted octanol–water partition coefficient (Wildman–Crippen LogP) is 2.41. The molecule has 0 aliphatic carbocycles. The maximum Gasteiger partial charge on any atom is 0.241 e. The minimum Gasteiger partial charge on any atom is -0.338 e. The first kappa shape index (κ1) is 17.4. The Labute approximate surface area is 125 Å². The van der Waals surface area contributed by atoms with Crippen LogP contribution in [-0.2, 0) is 14.6 Å². The van der Waals surface area contributed by atoms with Crippen LogP contribution in [0.3, 0.4) is 0 Å². The highest BCUT2D eigenvalue weighted by Crippen LogP contribution is 2.18. The lowest BCUT2D eigenvalue weighted by molar-refractivity contribution is -0.129. The molecule has 0 radical (unpaired) electrons. The maximum atomic E-state index is 12.9. The largest absolute Gasteiger partial charge is 0.338 e. The van der Waals surface area contributed by atoms with Gasteiger partial charge in [0, 0.05) is 13.1 Å². The number of sulfone groups is 1. The molecule has 0 aliphatic heterocycles. The second kappa shape index (κ2) is 6.85. The smallest absolute Gasteiger partial charge is 0.241 e. The second-order valence-electron chi connectivity index (χ2n) is 4.95. The maximum absolute atomic E-state index is 12.9. The molecule has 1 rings (SSSR count). The molecule has 4 nitrogen and oxygen atoms in total. The summed E-state index contributed by atoms with van der Waals surface area (Å²) in [7, 11) is -3.83. The van der Waals surface area contributed by atoms with Crippen molar-refractivity contribution < 1.29 is 17.6 Å². The van der Waals surface area contributed by atoms with E-state index in [0.29, 0.717) is 13.1 Å². The fourth-order valence-corrected chi connectivity index (χ4v) is 3.23. The van der Waals surface area contributed by atoms with E-state index in [9.17, 15) is 17.6 Å². The summed E-state index contributed by atoms with van der Waals surface area (Å²) >= 11 is 0. The van der Waals surface area contributed by atoms with Crippen LogP contribution in [0.4, 0.5) is 4.39 Å². The summed E-state index contributed by atoms with van der Waals surface area (Å²) in [6.07, 6.45) is 0. The molecule has 6 heteroatoms. The number of hydrogen-bond donors (Lipinski definition) is 0. The SMILES string of the molecule is C=C(C)CN(CC)C(=O)C(C)S(=O)(=O)c1ccc(F)cc1. The topological polar surface area (TPSA) is 54.5 Å². The van der Waals surface area contributed by atoms with E-state index in [-0.39, 0.29) is 4.90 Å². The molecule has 0 N–H and O–H groups in total. The Morgan fingerprint density at radius 3 is 2.29 bits per heavy atom. The molecule has 0 spiro atoms. The summed E-state index contributed by atoms with van der Waals surface area (Å²) in [5, 5.41) is -1.22. The van der Waals surface area contributed by atoms with E-state index in [1.54, 1.807) is 13.8 Å². The Kier molecular flexibility index (Phi) is 5.66. The van der Waals surface area contributed by atoms with Crippen LogP contribution in [-0.4, -0.2) is 37.6 Å². The molecule has 21 heavy (non-hydrogen) atoms. The van der Waals surface area contributed by atoms with Crippen molar-refractivity contribution in [3.63, 3.8) is 0 Å². The van der Waals surface area contributed by atoms with Gasteiger partial charge < -0.3 is 4.90 Å². The molecular weight excluding hydrogens is 293 g/mol. The third-order valence-electron chi connectivity index (χ3n) is 3.11. The minimum atomic E-state index is -3.83. The molecule has 0 bridgehead atoms. The van der Waals surface area contributed by atoms with Crippen LogP contribution in [0.5, 0.6) is 0 Å². The molecule has 0 aliphatic rings. The monoisotopic (exact) mass is 313 g/mol. The normalized spacial score (nSPS) is 12.8. The zero-order valence-electron chi connectivity index (χ0n) is 12.5. The molecule has 0 aromatic heterocycles. The van der Waals surface area contributed by atoms with Crippen LogP contribution in [0, 0.1) is 5.82 Å². The number of halogens is 1. The van der Waals surface area contributed by atoms with Crippen LogP contribution >= 0.6 is 0 Å². The Balaban J connectivity index is 3.04. The second-order valence-corrected chi connectivity index (χ2v) is 7.22. The van der Waals surface area contributed by atoms with Gasteiger partial charge in [-0.05, 0) is 45.0 Å². The van der Waals surface area contributed by atoms with Crippen molar-refractivity contribution >= 4 is 15.7 Å². The lowest BCUT2D eigenvalue weighted by Gasteiger charge is -2.24. The van der Waals surface area contributed by atoms with Crippen molar-refractivity contribution in [2.24, 2.45) is 0 Å². The van der Waals surface area contributed by atoms with E-state index < -0.39 is 26.8 Å². The van der Waals surface area contributed by atoms with E-state index in [4.69, 9.17) is 0 Å². The molecule has 0 heterocycles. The molecule has 1 amide bonds. The molecule has 0 fully saturated rings. The Bertz CT molecular complexity index is 623. The van der Waals surface area contributed by atoms with Gasteiger partial charge in [0.1, 0.15) is 11.1 Å². The van der Waals surface area contributed by atoms with Gasteiger partial charge in [-0.25, -0.2) is 12.8 Å². The highest BCUT2D eigenvalue weighted by Gasteiger charge is 2.32. The van der Waals surface area contributed by atoms with Crippen molar-refractivity contribution in [1.82, 2.24) is 4.90 Å². The predicted molar refractivity (Wildman–Crippen MR) is 80.1 cm³/mol. The van der Waals surface area contributed by atoms with E-state index in [1.807, 2.05) is 0 Å². The van der Waals surface area contributed by atoms with Crippen LogP contribution in [0.1, 0.15) is 20.8 Å². The number of likely N-dealkylation sites (N-methyl/N-ethyl adjacent to an activating group) is 1. The number of carbonyl (C=O) groups excluding carboxylic acids is 1. The van der Waals surface area contributed by atoms with E-state index in [0.717, 1.165) is 17.7 Å². The fourth-order valence-electron chi connectivity index (χ4n) is 1.89. The standard InChI is InChI=1S/C15H20FNO3S/c1-5-17(10-11(2)3)15(18)12(4)21(19,20)14-8-6-13(16)7-9-14/h6-9,12H,2,5,10H2,1,3-4H3. The third kappa shape index (κ3) is 4.14. The molecule has 0 saturated carbocycles. The van der Waals surface area contributed by atoms with Crippen molar-refractivity contribution in [2.75, 3.05) is 13.1 Å². The van der Waals surface area contributed by atoms with Crippen molar-refractivity contribution in [3.05, 3.63) is 42.2 Å². The van der Waals surface area contributed by atoms with Gasteiger partial charge in [-0.15, -0.1) is 0 Å². The number of nitrogens with zero attached hydrogens (tertiary/aromatic N) is 1. The molecule has 1 unspecified atom stereocenters. The first-order chi connectivity index (χ1) is 9.70. The quantitative estimate of drug-likeness (QED) is 0.598. The molecule has 0 saturated heterocycles. The van der Waals surface area contributed by atoms with E-state index in [2.05, 4.69) is 6.58 Å². The summed E-state index contributed by atoms with van der Waals surface area (Å²) in [6, 6.07) is 4.47. The zero-order valence-corrected chi connectivity index (χ0v) is 13.3. The van der Waals surface area contributed by atoms with Crippen molar-refractivity contribution in [3.8, 4) is 0 Å². The molecule has 116 valence electrons. The fraction of sp³-hybridized carbons (Fsp3) is 0.400. The van der Waals surface area contributed by atoms with Gasteiger partial charge in [-0.2, -0.15) is 0 Å². The van der Waals surface area contributed by atoms with Crippen LogP contribution < -0.4 is 0 Å². The number of rotatable bonds is 6.